The first-order valence-electron chi connectivity index (χ1n) is 10.8. The van der Waals surface area contributed by atoms with Crippen molar-refractivity contribution in [3.8, 4) is 0 Å². The summed E-state index contributed by atoms with van der Waals surface area (Å²) in [6.45, 7) is 2.87. The van der Waals surface area contributed by atoms with Gasteiger partial charge in [0.05, 0.1) is 14.2 Å². The lowest BCUT2D eigenvalue weighted by Gasteiger charge is -2.20. The van der Waals surface area contributed by atoms with Gasteiger partial charge in [0, 0.05) is 11.1 Å². The van der Waals surface area contributed by atoms with Gasteiger partial charge in [0.2, 0.25) is 23.1 Å². The normalized spacial score (nSPS) is 13.8. The number of ketones is 2. The molecule has 0 unspecified atom stereocenters. The molecule has 1 rings (SSSR count). The van der Waals surface area contributed by atoms with Crippen LogP contribution >= 0.6 is 0 Å². The van der Waals surface area contributed by atoms with E-state index in [1.54, 1.807) is 6.92 Å². The Bertz CT molecular complexity index is 710. The summed E-state index contributed by atoms with van der Waals surface area (Å²) in [7, 11) is 7.02. The van der Waals surface area contributed by atoms with Crippen molar-refractivity contribution in [2.45, 2.75) is 64.7 Å². The molecule has 9 nitrogen and oxygen atoms in total. The van der Waals surface area contributed by atoms with Crippen LogP contribution in [0.5, 0.6) is 0 Å². The maximum absolute atomic E-state index is 12.5. The fourth-order valence-corrected chi connectivity index (χ4v) is 3.28. The van der Waals surface area contributed by atoms with Gasteiger partial charge in [0.25, 0.3) is 0 Å². The Kier molecular flexibility index (Phi) is 14.7. The molecule has 32 heavy (non-hydrogen) atoms. The molecular formula is C23H37NO8. The molecule has 0 radical (unpaired) electrons. The van der Waals surface area contributed by atoms with Crippen LogP contribution in [0.1, 0.15) is 64.7 Å². The van der Waals surface area contributed by atoms with Crippen LogP contribution in [0.3, 0.4) is 0 Å². The number of carboxylic acid groups (broad SMARTS) is 2. The number of hydrogen-bond donors (Lipinski definition) is 2. The van der Waals surface area contributed by atoms with Gasteiger partial charge in [-0.15, -0.1) is 0 Å². The molecule has 182 valence electrons. The van der Waals surface area contributed by atoms with E-state index in [0.717, 1.165) is 12.8 Å². The number of unbranched alkanes of at least 4 members (excludes halogenated alkanes) is 7. The third kappa shape index (κ3) is 10.6. The summed E-state index contributed by atoms with van der Waals surface area (Å²) < 4.78 is 10.2. The summed E-state index contributed by atoms with van der Waals surface area (Å²) in [5, 5.41) is 14.8. The van der Waals surface area contributed by atoms with Gasteiger partial charge in [-0.1, -0.05) is 38.5 Å². The molecule has 1 aliphatic carbocycles. The molecular weight excluding hydrogens is 418 g/mol. The molecule has 0 saturated carbocycles. The zero-order valence-electron chi connectivity index (χ0n) is 19.9. The van der Waals surface area contributed by atoms with Crippen molar-refractivity contribution in [1.29, 1.82) is 0 Å². The Morgan fingerprint density at radius 3 is 1.56 bits per heavy atom. The summed E-state index contributed by atoms with van der Waals surface area (Å²) >= 11 is 0. The summed E-state index contributed by atoms with van der Waals surface area (Å²) in [6.07, 6.45) is 10.2. The average Bonchev–Trinajstić information content (AvgIpc) is 2.73. The highest BCUT2D eigenvalue weighted by molar-refractivity contribution is 6.27. The standard InChI is InChI=1S/C21H35NO4.C2H2O4/c1-16-17(19(24)21(26-5)20(25-4)18(16)23)14-12-10-8-6-7-9-11-13-15-22(2)3;3-1(4)2(5)6/h6-15H2,1-5H3;(H,3,4)(H,5,6). The number of rotatable bonds is 13. The Morgan fingerprint density at radius 1 is 0.750 bits per heavy atom. The summed E-state index contributed by atoms with van der Waals surface area (Å²) in [4.78, 5) is 45.3. The minimum atomic E-state index is -1.82. The van der Waals surface area contributed by atoms with Crippen LogP contribution in [0, 0.1) is 0 Å². The van der Waals surface area contributed by atoms with Crippen LogP contribution in [0.15, 0.2) is 22.7 Å². The Hall–Kier alpha value is -2.68. The smallest absolute Gasteiger partial charge is 0.414 e. The fourth-order valence-electron chi connectivity index (χ4n) is 3.28. The Labute approximate surface area is 190 Å². The molecule has 0 aromatic rings. The van der Waals surface area contributed by atoms with Crippen LogP contribution in [0.25, 0.3) is 0 Å². The van der Waals surface area contributed by atoms with Crippen molar-refractivity contribution < 1.29 is 38.9 Å². The van der Waals surface area contributed by atoms with Gasteiger partial charge in [0.1, 0.15) is 0 Å². The molecule has 0 heterocycles. The van der Waals surface area contributed by atoms with Crippen LogP contribution in [0.4, 0.5) is 0 Å². The van der Waals surface area contributed by atoms with E-state index in [4.69, 9.17) is 29.3 Å². The Morgan fingerprint density at radius 2 is 1.16 bits per heavy atom. The van der Waals surface area contributed by atoms with Gasteiger partial charge in [-0.25, -0.2) is 9.59 Å². The van der Waals surface area contributed by atoms with Gasteiger partial charge in [-0.2, -0.15) is 0 Å². The van der Waals surface area contributed by atoms with E-state index >= 15 is 0 Å². The topological polar surface area (TPSA) is 130 Å². The maximum Gasteiger partial charge on any atom is 0.414 e. The van der Waals surface area contributed by atoms with Crippen molar-refractivity contribution in [3.05, 3.63) is 22.7 Å². The minimum absolute atomic E-state index is 0.0213. The van der Waals surface area contributed by atoms with Gasteiger partial charge in [-0.05, 0) is 46.8 Å². The van der Waals surface area contributed by atoms with E-state index in [-0.39, 0.29) is 23.1 Å². The highest BCUT2D eigenvalue weighted by Gasteiger charge is 2.34. The van der Waals surface area contributed by atoms with Crippen molar-refractivity contribution in [1.82, 2.24) is 4.90 Å². The molecule has 2 N–H and O–H groups in total. The number of allylic oxidation sites excluding steroid dienone is 2. The first-order valence-corrected chi connectivity index (χ1v) is 10.8. The first kappa shape index (κ1) is 29.3. The van der Waals surface area contributed by atoms with Crippen LogP contribution < -0.4 is 0 Å². The number of Topliss-reactive ketones (excluding diaryl/α,β-unsaturated/α-hetero) is 2. The van der Waals surface area contributed by atoms with Gasteiger partial charge >= 0.3 is 11.9 Å². The number of carbonyl (C=O) groups is 4. The predicted octanol–water partition coefficient (Wildman–Crippen LogP) is 3.19. The third-order valence-corrected chi connectivity index (χ3v) is 5.06. The van der Waals surface area contributed by atoms with Crippen molar-refractivity contribution in [3.63, 3.8) is 0 Å². The molecule has 0 amide bonds. The van der Waals surface area contributed by atoms with Gasteiger partial charge in [0.15, 0.2) is 0 Å². The number of carbonyl (C=O) groups excluding carboxylic acids is 2. The molecule has 9 heteroatoms. The average molecular weight is 456 g/mol. The molecule has 0 atom stereocenters. The molecule has 0 aliphatic heterocycles. The van der Waals surface area contributed by atoms with Crippen molar-refractivity contribution in [2.24, 2.45) is 0 Å². The number of nitrogens with zero attached hydrogens (tertiary/aromatic N) is 1. The number of ether oxygens (including phenoxy) is 2. The molecule has 0 aromatic heterocycles. The summed E-state index contributed by atoms with van der Waals surface area (Å²) in [5.41, 5.74) is 1.07. The van der Waals surface area contributed by atoms with E-state index < -0.39 is 11.9 Å². The van der Waals surface area contributed by atoms with E-state index in [1.807, 2.05) is 0 Å². The zero-order valence-corrected chi connectivity index (χ0v) is 19.9. The van der Waals surface area contributed by atoms with Crippen LogP contribution in [0.2, 0.25) is 0 Å². The fraction of sp³-hybridized carbons (Fsp3) is 0.652. The molecule has 0 aromatic carbocycles. The van der Waals surface area contributed by atoms with Crippen molar-refractivity contribution >= 4 is 23.5 Å². The minimum Gasteiger partial charge on any atom is -0.489 e. The second-order valence-corrected chi connectivity index (χ2v) is 7.82. The largest absolute Gasteiger partial charge is 0.489 e. The maximum atomic E-state index is 12.5. The van der Waals surface area contributed by atoms with E-state index in [2.05, 4.69) is 19.0 Å². The van der Waals surface area contributed by atoms with Crippen LogP contribution in [-0.2, 0) is 28.7 Å². The van der Waals surface area contributed by atoms with E-state index in [1.165, 1.54) is 59.3 Å². The second kappa shape index (κ2) is 16.0. The number of hydrogen-bond acceptors (Lipinski definition) is 7. The quantitative estimate of drug-likeness (QED) is 0.244. The summed E-state index contributed by atoms with van der Waals surface area (Å²) in [6, 6.07) is 0. The monoisotopic (exact) mass is 455 g/mol. The molecule has 0 fully saturated rings. The Balaban J connectivity index is 0.00000140. The molecule has 0 saturated heterocycles. The lowest BCUT2D eigenvalue weighted by Crippen LogP contribution is -2.25. The highest BCUT2D eigenvalue weighted by atomic mass is 16.5. The highest BCUT2D eigenvalue weighted by Crippen LogP contribution is 2.28. The van der Waals surface area contributed by atoms with Gasteiger partial charge in [-0.3, -0.25) is 9.59 Å². The first-order chi connectivity index (χ1) is 15.1. The molecule has 0 spiro atoms. The molecule has 0 bridgehead atoms. The molecule has 1 aliphatic rings. The predicted molar refractivity (Wildman–Crippen MR) is 119 cm³/mol. The zero-order chi connectivity index (χ0) is 24.7. The van der Waals surface area contributed by atoms with Crippen LogP contribution in [-0.4, -0.2) is 73.5 Å². The number of methoxy groups -OCH3 is 2. The third-order valence-electron chi connectivity index (χ3n) is 5.06. The summed E-state index contributed by atoms with van der Waals surface area (Å²) in [5.74, 6) is -4.03. The second-order valence-electron chi connectivity index (χ2n) is 7.82. The number of carboxylic acids is 2. The lowest BCUT2D eigenvalue weighted by atomic mass is 9.89. The van der Waals surface area contributed by atoms with E-state index in [0.29, 0.717) is 17.6 Å². The van der Waals surface area contributed by atoms with E-state index in [9.17, 15) is 9.59 Å². The SMILES string of the molecule is COC1=C(OC)C(=O)C(CCCCCCCCCCN(C)C)=C(C)C1=O.O=C(O)C(=O)O. The van der Waals surface area contributed by atoms with Gasteiger partial charge < -0.3 is 24.6 Å². The lowest BCUT2D eigenvalue weighted by molar-refractivity contribution is -0.159. The van der Waals surface area contributed by atoms with Crippen molar-refractivity contribution in [2.75, 3.05) is 34.9 Å². The number of aliphatic carboxylic acids is 2.